The maximum atomic E-state index is 11.7. The molecule has 2 aromatic rings. The smallest absolute Gasteiger partial charge is 0.315 e. The second-order valence-corrected chi connectivity index (χ2v) is 4.90. The summed E-state index contributed by atoms with van der Waals surface area (Å²) in [6.07, 6.45) is 1.64. The molecule has 0 aliphatic heterocycles. The van der Waals surface area contributed by atoms with Crippen LogP contribution in [-0.4, -0.2) is 11.0 Å². The van der Waals surface area contributed by atoms with Crippen LogP contribution in [0.4, 0.5) is 4.79 Å². The van der Waals surface area contributed by atoms with Gasteiger partial charge in [-0.15, -0.1) is 0 Å². The summed E-state index contributed by atoms with van der Waals surface area (Å²) in [6.45, 7) is 2.95. The molecule has 0 radical (unpaired) electrons. The Labute approximate surface area is 123 Å². The van der Waals surface area contributed by atoms with Crippen molar-refractivity contribution in [3.8, 4) is 0 Å². The summed E-state index contributed by atoms with van der Waals surface area (Å²) in [5.41, 5.74) is 3.16. The lowest BCUT2D eigenvalue weighted by molar-refractivity contribution is 0.240. The number of pyridine rings is 1. The third-order valence-corrected chi connectivity index (χ3v) is 3.00. The molecule has 5 heteroatoms. The number of aromatic nitrogens is 1. The Morgan fingerprint density at radius 3 is 2.55 bits per heavy atom. The molecule has 0 bridgehead atoms. The third kappa shape index (κ3) is 4.55. The number of amides is 2. The predicted molar refractivity (Wildman–Crippen MR) is 79.5 cm³/mol. The van der Waals surface area contributed by atoms with E-state index in [4.69, 9.17) is 11.6 Å². The normalized spacial score (nSPS) is 10.1. The summed E-state index contributed by atoms with van der Waals surface area (Å²) in [5, 5.41) is 6.02. The molecule has 0 atom stereocenters. The van der Waals surface area contributed by atoms with Crippen molar-refractivity contribution < 1.29 is 4.79 Å². The van der Waals surface area contributed by atoms with E-state index in [0.717, 1.165) is 11.1 Å². The van der Waals surface area contributed by atoms with Gasteiger partial charge in [0.1, 0.15) is 5.15 Å². The Bertz CT molecular complexity index is 584. The minimum absolute atomic E-state index is 0.207. The first-order chi connectivity index (χ1) is 9.63. The monoisotopic (exact) mass is 289 g/mol. The van der Waals surface area contributed by atoms with Gasteiger partial charge in [-0.2, -0.15) is 0 Å². The van der Waals surface area contributed by atoms with Crippen molar-refractivity contribution in [2.45, 2.75) is 20.0 Å². The fraction of sp³-hybridized carbons (Fsp3) is 0.200. The lowest BCUT2D eigenvalue weighted by Crippen LogP contribution is -2.34. The topological polar surface area (TPSA) is 54.0 Å². The second-order valence-electron chi connectivity index (χ2n) is 4.51. The van der Waals surface area contributed by atoms with E-state index in [1.165, 1.54) is 5.56 Å². The zero-order chi connectivity index (χ0) is 14.4. The number of nitrogens with zero attached hydrogens (tertiary/aromatic N) is 1. The molecule has 0 saturated heterocycles. The number of carbonyl (C=O) groups is 1. The van der Waals surface area contributed by atoms with E-state index in [0.29, 0.717) is 18.2 Å². The number of rotatable bonds is 4. The van der Waals surface area contributed by atoms with Gasteiger partial charge >= 0.3 is 6.03 Å². The molecule has 2 amide bonds. The van der Waals surface area contributed by atoms with Gasteiger partial charge in [0.05, 0.1) is 0 Å². The van der Waals surface area contributed by atoms with Crippen LogP contribution in [0.1, 0.15) is 16.7 Å². The van der Waals surface area contributed by atoms with Gasteiger partial charge in [-0.3, -0.25) is 0 Å². The fourth-order valence-electron chi connectivity index (χ4n) is 1.76. The van der Waals surface area contributed by atoms with Crippen LogP contribution in [0.3, 0.4) is 0 Å². The van der Waals surface area contributed by atoms with Crippen molar-refractivity contribution in [2.24, 2.45) is 0 Å². The van der Waals surface area contributed by atoms with E-state index in [2.05, 4.69) is 15.6 Å². The van der Waals surface area contributed by atoms with E-state index < -0.39 is 0 Å². The number of nitrogens with one attached hydrogen (secondary N) is 2. The summed E-state index contributed by atoms with van der Waals surface area (Å²) >= 11 is 5.69. The van der Waals surface area contributed by atoms with E-state index in [9.17, 15) is 4.79 Å². The lowest BCUT2D eigenvalue weighted by atomic mass is 10.1. The molecule has 0 fully saturated rings. The Morgan fingerprint density at radius 2 is 1.90 bits per heavy atom. The van der Waals surface area contributed by atoms with Gasteiger partial charge in [0.25, 0.3) is 0 Å². The molecule has 104 valence electrons. The molecule has 1 aromatic heterocycles. The van der Waals surface area contributed by atoms with Crippen molar-refractivity contribution in [3.63, 3.8) is 0 Å². The molecular formula is C15H16ClN3O. The standard InChI is InChI=1S/C15H16ClN3O/c1-11-3-2-4-12(7-11)8-18-15(20)19-10-13-5-6-14(16)17-9-13/h2-7,9H,8,10H2,1H3,(H2,18,19,20). The van der Waals surface area contributed by atoms with E-state index in [-0.39, 0.29) is 6.03 Å². The van der Waals surface area contributed by atoms with Crippen LogP contribution in [0.25, 0.3) is 0 Å². The number of benzene rings is 1. The highest BCUT2D eigenvalue weighted by Gasteiger charge is 2.01. The number of urea groups is 1. The number of hydrogen-bond acceptors (Lipinski definition) is 2. The molecule has 1 aromatic carbocycles. The molecule has 0 aliphatic carbocycles. The minimum Gasteiger partial charge on any atom is -0.334 e. The summed E-state index contributed by atoms with van der Waals surface area (Å²) in [7, 11) is 0. The Kier molecular flexibility index (Phi) is 4.96. The number of halogens is 1. The highest BCUT2D eigenvalue weighted by atomic mass is 35.5. The largest absolute Gasteiger partial charge is 0.334 e. The minimum atomic E-state index is -0.207. The van der Waals surface area contributed by atoms with Crippen LogP contribution >= 0.6 is 11.6 Å². The fourth-order valence-corrected chi connectivity index (χ4v) is 1.87. The molecule has 4 nitrogen and oxygen atoms in total. The van der Waals surface area contributed by atoms with E-state index >= 15 is 0 Å². The highest BCUT2D eigenvalue weighted by Crippen LogP contribution is 2.05. The molecule has 0 saturated carbocycles. The van der Waals surface area contributed by atoms with Gasteiger partial charge in [-0.1, -0.05) is 47.5 Å². The van der Waals surface area contributed by atoms with Gasteiger partial charge < -0.3 is 10.6 Å². The molecule has 2 rings (SSSR count). The predicted octanol–water partition coefficient (Wildman–Crippen LogP) is 3.04. The highest BCUT2D eigenvalue weighted by molar-refractivity contribution is 6.29. The van der Waals surface area contributed by atoms with Gasteiger partial charge in [-0.25, -0.2) is 9.78 Å². The molecule has 2 N–H and O–H groups in total. The van der Waals surface area contributed by atoms with Gasteiger partial charge in [0.2, 0.25) is 0 Å². The van der Waals surface area contributed by atoms with Crippen LogP contribution in [0.15, 0.2) is 42.6 Å². The Hall–Kier alpha value is -2.07. The molecular weight excluding hydrogens is 274 g/mol. The number of aryl methyl sites for hydroxylation is 1. The Morgan fingerprint density at radius 1 is 1.15 bits per heavy atom. The molecule has 0 spiro atoms. The average Bonchev–Trinajstić information content (AvgIpc) is 2.45. The van der Waals surface area contributed by atoms with Crippen LogP contribution in [0.5, 0.6) is 0 Å². The van der Waals surface area contributed by atoms with Gasteiger partial charge in [0.15, 0.2) is 0 Å². The van der Waals surface area contributed by atoms with Crippen LogP contribution in [-0.2, 0) is 13.1 Å². The van der Waals surface area contributed by atoms with Gasteiger partial charge in [0, 0.05) is 19.3 Å². The van der Waals surface area contributed by atoms with E-state index in [1.54, 1.807) is 12.3 Å². The Balaban J connectivity index is 1.77. The molecule has 0 unspecified atom stereocenters. The van der Waals surface area contributed by atoms with E-state index in [1.807, 2.05) is 37.3 Å². The zero-order valence-electron chi connectivity index (χ0n) is 11.2. The van der Waals surface area contributed by atoms with Crippen molar-refractivity contribution in [1.82, 2.24) is 15.6 Å². The summed E-state index contributed by atoms with van der Waals surface area (Å²) in [4.78, 5) is 15.6. The first-order valence-corrected chi connectivity index (χ1v) is 6.69. The van der Waals surface area contributed by atoms with Gasteiger partial charge in [-0.05, 0) is 24.1 Å². The third-order valence-electron chi connectivity index (χ3n) is 2.78. The van der Waals surface area contributed by atoms with Crippen molar-refractivity contribution in [3.05, 3.63) is 64.4 Å². The van der Waals surface area contributed by atoms with Crippen molar-refractivity contribution in [1.29, 1.82) is 0 Å². The van der Waals surface area contributed by atoms with Crippen LogP contribution in [0, 0.1) is 6.92 Å². The number of hydrogen-bond donors (Lipinski definition) is 2. The SMILES string of the molecule is Cc1cccc(CNC(=O)NCc2ccc(Cl)nc2)c1. The summed E-state index contributed by atoms with van der Waals surface area (Å²) in [6, 6.07) is 11.3. The average molecular weight is 290 g/mol. The maximum Gasteiger partial charge on any atom is 0.315 e. The summed E-state index contributed by atoms with van der Waals surface area (Å²) < 4.78 is 0. The van der Waals surface area contributed by atoms with Crippen molar-refractivity contribution in [2.75, 3.05) is 0 Å². The zero-order valence-corrected chi connectivity index (χ0v) is 11.9. The van der Waals surface area contributed by atoms with Crippen LogP contribution < -0.4 is 10.6 Å². The lowest BCUT2D eigenvalue weighted by Gasteiger charge is -2.08. The van der Waals surface area contributed by atoms with Crippen molar-refractivity contribution >= 4 is 17.6 Å². The first-order valence-electron chi connectivity index (χ1n) is 6.31. The number of carbonyl (C=O) groups excluding carboxylic acids is 1. The second kappa shape index (κ2) is 6.91. The molecule has 20 heavy (non-hydrogen) atoms. The maximum absolute atomic E-state index is 11.7. The molecule has 1 heterocycles. The summed E-state index contributed by atoms with van der Waals surface area (Å²) in [5.74, 6) is 0. The first kappa shape index (κ1) is 14.3. The molecule has 0 aliphatic rings. The van der Waals surface area contributed by atoms with Crippen LogP contribution in [0.2, 0.25) is 5.15 Å². The quantitative estimate of drug-likeness (QED) is 0.850.